The number of ether oxygens (including phenoxy) is 2. The highest BCUT2D eigenvalue weighted by Gasteiger charge is 2.15. The van der Waals surface area contributed by atoms with E-state index in [-0.39, 0.29) is 26.4 Å². The van der Waals surface area contributed by atoms with Crippen LogP contribution in [0.1, 0.15) is 149 Å². The van der Waals surface area contributed by atoms with Gasteiger partial charge < -0.3 is 29.9 Å². The minimum absolute atomic E-state index is 0.0418. The minimum atomic E-state index is -0.904. The van der Waals surface area contributed by atoms with Crippen molar-refractivity contribution in [2.24, 2.45) is 0 Å². The van der Waals surface area contributed by atoms with Crippen molar-refractivity contribution in [1.29, 1.82) is 0 Å². The molecule has 0 aliphatic carbocycles. The monoisotopic (exact) mass is 826 g/mol. The van der Waals surface area contributed by atoms with Crippen molar-refractivity contribution in [3.8, 4) is 44.9 Å². The lowest BCUT2D eigenvalue weighted by Crippen LogP contribution is -2.21. The van der Waals surface area contributed by atoms with Crippen molar-refractivity contribution in [1.82, 2.24) is 0 Å². The molecule has 0 radical (unpaired) electrons. The molecule has 2 heterocycles. The first-order valence-electron chi connectivity index (χ1n) is 21.8. The summed E-state index contributed by atoms with van der Waals surface area (Å²) >= 11 is 3.56. The fourth-order valence-corrected chi connectivity index (χ4v) is 8.80. The number of benzene rings is 2. The normalized spacial score (nSPS) is 12.0. The van der Waals surface area contributed by atoms with Gasteiger partial charge >= 0.3 is 0 Å². The standard InChI is InChI=1S/C50H66O6S2/c1-3-5-7-9-11-13-15-17-19-41-33-49(57-47(41)31-25-39-21-27-45(28-22-39)55-37-43(53)35-51)50-34-42(20-18-16-14-12-10-8-6-4-2)48(58-50)32-26-40-23-29-46(30-24-40)56-38-44(54)36-52/h21-24,27-30,33-34,43-44,51-54H,3-20,35-38H2,1-2H3. The summed E-state index contributed by atoms with van der Waals surface area (Å²) in [5.41, 5.74) is 4.42. The van der Waals surface area contributed by atoms with Crippen molar-refractivity contribution in [2.45, 2.75) is 142 Å². The molecule has 4 rings (SSSR count). The van der Waals surface area contributed by atoms with Crippen LogP contribution in [0.5, 0.6) is 11.5 Å². The molecule has 6 nitrogen and oxygen atoms in total. The van der Waals surface area contributed by atoms with E-state index in [1.165, 1.54) is 111 Å². The van der Waals surface area contributed by atoms with Crippen LogP contribution in [-0.4, -0.2) is 59.1 Å². The van der Waals surface area contributed by atoms with E-state index in [2.05, 4.69) is 49.7 Å². The Labute approximate surface area is 356 Å². The Balaban J connectivity index is 1.55. The van der Waals surface area contributed by atoms with Crippen molar-refractivity contribution in [2.75, 3.05) is 26.4 Å². The van der Waals surface area contributed by atoms with Crippen molar-refractivity contribution >= 4 is 22.7 Å². The largest absolute Gasteiger partial charge is 0.491 e. The second-order valence-electron chi connectivity index (χ2n) is 15.2. The molecule has 2 unspecified atom stereocenters. The summed E-state index contributed by atoms with van der Waals surface area (Å²) in [4.78, 5) is 4.71. The van der Waals surface area contributed by atoms with Crippen LogP contribution in [-0.2, 0) is 12.8 Å². The summed E-state index contributed by atoms with van der Waals surface area (Å²) in [7, 11) is 0. The number of unbranched alkanes of at least 4 members (excludes halogenated alkanes) is 14. The van der Waals surface area contributed by atoms with Gasteiger partial charge in [-0.2, -0.15) is 0 Å². The molecule has 0 bridgehead atoms. The Bertz CT molecular complexity index is 1700. The highest BCUT2D eigenvalue weighted by Crippen LogP contribution is 2.39. The smallest absolute Gasteiger partial charge is 0.119 e. The fourth-order valence-electron chi connectivity index (χ4n) is 6.60. The van der Waals surface area contributed by atoms with Gasteiger partial charge in [0.2, 0.25) is 0 Å². The number of hydrogen-bond donors (Lipinski definition) is 4. The molecule has 0 fully saturated rings. The van der Waals surface area contributed by atoms with Gasteiger partial charge in [-0.05, 0) is 97.5 Å². The van der Waals surface area contributed by atoms with E-state index >= 15 is 0 Å². The number of thiophene rings is 2. The molecule has 4 N–H and O–H groups in total. The molecule has 2 atom stereocenters. The molecule has 0 aliphatic rings. The maximum atomic E-state index is 9.63. The Hall–Kier alpha value is -3.60. The summed E-state index contributed by atoms with van der Waals surface area (Å²) < 4.78 is 11.2. The third-order valence-electron chi connectivity index (χ3n) is 10.1. The molecule has 314 valence electrons. The fraction of sp³-hybridized carbons (Fsp3) is 0.520. The maximum absolute atomic E-state index is 9.63. The molecular weight excluding hydrogens is 761 g/mol. The topological polar surface area (TPSA) is 99.4 Å². The predicted octanol–water partition coefficient (Wildman–Crippen LogP) is 11.1. The zero-order valence-electron chi connectivity index (χ0n) is 34.9. The van der Waals surface area contributed by atoms with Crippen LogP contribution in [0.15, 0.2) is 60.7 Å². The molecule has 8 heteroatoms. The summed E-state index contributed by atoms with van der Waals surface area (Å²) in [5, 5.41) is 37.4. The van der Waals surface area contributed by atoms with E-state index in [1.54, 1.807) is 22.7 Å². The Morgan fingerprint density at radius 1 is 0.483 bits per heavy atom. The summed E-state index contributed by atoms with van der Waals surface area (Å²) in [6.45, 7) is 3.95. The lowest BCUT2D eigenvalue weighted by Gasteiger charge is -2.09. The number of aryl methyl sites for hydroxylation is 2. The minimum Gasteiger partial charge on any atom is -0.491 e. The van der Waals surface area contributed by atoms with Crippen LogP contribution in [0.4, 0.5) is 0 Å². The molecule has 58 heavy (non-hydrogen) atoms. The molecule has 0 amide bonds. The Morgan fingerprint density at radius 3 is 1.17 bits per heavy atom. The third kappa shape index (κ3) is 17.7. The second-order valence-corrected chi connectivity index (χ2v) is 17.3. The van der Waals surface area contributed by atoms with E-state index in [0.717, 1.165) is 46.6 Å². The highest BCUT2D eigenvalue weighted by molar-refractivity contribution is 7.22. The van der Waals surface area contributed by atoms with Crippen LogP contribution in [0, 0.1) is 23.7 Å². The predicted molar refractivity (Wildman–Crippen MR) is 242 cm³/mol. The molecule has 2 aromatic carbocycles. The quantitative estimate of drug-likeness (QED) is 0.0353. The van der Waals surface area contributed by atoms with E-state index in [1.807, 2.05) is 48.5 Å². The van der Waals surface area contributed by atoms with Gasteiger partial charge in [0.05, 0.1) is 23.0 Å². The zero-order valence-corrected chi connectivity index (χ0v) is 36.5. The first-order chi connectivity index (χ1) is 28.4. The van der Waals surface area contributed by atoms with Gasteiger partial charge in [0, 0.05) is 20.9 Å². The van der Waals surface area contributed by atoms with E-state index in [0.29, 0.717) is 11.5 Å². The second kappa shape index (κ2) is 28.0. The number of aliphatic hydroxyl groups is 4. The van der Waals surface area contributed by atoms with Crippen LogP contribution < -0.4 is 9.47 Å². The van der Waals surface area contributed by atoms with Crippen LogP contribution in [0.3, 0.4) is 0 Å². The molecular formula is C50H66O6S2. The van der Waals surface area contributed by atoms with Gasteiger partial charge in [-0.25, -0.2) is 0 Å². The molecule has 0 aliphatic heterocycles. The average Bonchev–Trinajstić information content (AvgIpc) is 3.86. The third-order valence-corrected chi connectivity index (χ3v) is 12.5. The average molecular weight is 827 g/mol. The van der Waals surface area contributed by atoms with E-state index < -0.39 is 12.2 Å². The molecule has 0 spiro atoms. The highest BCUT2D eigenvalue weighted by atomic mass is 32.1. The van der Waals surface area contributed by atoms with Gasteiger partial charge in [0.25, 0.3) is 0 Å². The van der Waals surface area contributed by atoms with Gasteiger partial charge in [-0.15, -0.1) is 22.7 Å². The Kier molecular flexibility index (Phi) is 22.7. The van der Waals surface area contributed by atoms with E-state index in [4.69, 9.17) is 19.7 Å². The number of rotatable bonds is 27. The summed E-state index contributed by atoms with van der Waals surface area (Å²) in [6.07, 6.45) is 20.7. The van der Waals surface area contributed by atoms with Gasteiger partial charge in [0.1, 0.15) is 36.9 Å². The Morgan fingerprint density at radius 2 is 0.828 bits per heavy atom. The molecule has 0 saturated heterocycles. The summed E-state index contributed by atoms with van der Waals surface area (Å²) in [5.74, 6) is 15.1. The van der Waals surface area contributed by atoms with Crippen molar-refractivity contribution < 1.29 is 29.9 Å². The molecule has 0 saturated carbocycles. The van der Waals surface area contributed by atoms with E-state index in [9.17, 15) is 10.2 Å². The molecule has 2 aromatic heterocycles. The maximum Gasteiger partial charge on any atom is 0.119 e. The van der Waals surface area contributed by atoms with Gasteiger partial charge in [0.15, 0.2) is 0 Å². The summed E-state index contributed by atoms with van der Waals surface area (Å²) in [6, 6.07) is 19.9. The van der Waals surface area contributed by atoms with Crippen LogP contribution >= 0.6 is 22.7 Å². The lowest BCUT2D eigenvalue weighted by atomic mass is 10.0. The van der Waals surface area contributed by atoms with Crippen molar-refractivity contribution in [3.63, 3.8) is 0 Å². The lowest BCUT2D eigenvalue weighted by molar-refractivity contribution is 0.0536. The first-order valence-corrected chi connectivity index (χ1v) is 23.4. The van der Waals surface area contributed by atoms with Gasteiger partial charge in [-0.1, -0.05) is 127 Å². The van der Waals surface area contributed by atoms with Crippen molar-refractivity contribution in [3.05, 3.63) is 92.7 Å². The van der Waals surface area contributed by atoms with Crippen LogP contribution in [0.2, 0.25) is 0 Å². The zero-order chi connectivity index (χ0) is 41.2. The van der Waals surface area contributed by atoms with Gasteiger partial charge in [-0.3, -0.25) is 0 Å². The first kappa shape index (κ1) is 47.1. The number of aliphatic hydroxyl groups excluding tert-OH is 4. The number of hydrogen-bond acceptors (Lipinski definition) is 8. The molecule has 4 aromatic rings. The van der Waals surface area contributed by atoms with Crippen LogP contribution in [0.25, 0.3) is 9.75 Å². The SMILES string of the molecule is CCCCCCCCCCc1cc(-c2cc(CCCCCCCCCC)c(C#Cc3ccc(OCC(O)CO)cc3)s2)sc1C#Cc1ccc(OCC(O)CO)cc1.